The highest BCUT2D eigenvalue weighted by atomic mass is 35.5. The molecule has 0 saturated carbocycles. The van der Waals surface area contributed by atoms with Crippen molar-refractivity contribution >= 4 is 40.1 Å². The number of anilines is 1. The van der Waals surface area contributed by atoms with Crippen LogP contribution in [0.4, 0.5) is 5.13 Å². The maximum atomic E-state index is 12.2. The van der Waals surface area contributed by atoms with Gasteiger partial charge in [-0.3, -0.25) is 10.1 Å². The Labute approximate surface area is 165 Å². The number of nitrogens with zero attached hydrogens (tertiary/aromatic N) is 1. The fourth-order valence-corrected chi connectivity index (χ4v) is 3.42. The molecule has 3 aromatic rings. The van der Waals surface area contributed by atoms with Crippen molar-refractivity contribution in [2.24, 2.45) is 0 Å². The first-order chi connectivity index (χ1) is 13.2. The lowest BCUT2D eigenvalue weighted by atomic mass is 10.2. The summed E-state index contributed by atoms with van der Waals surface area (Å²) < 4.78 is 11.0. The lowest BCUT2D eigenvalue weighted by molar-refractivity contribution is -0.111. The summed E-state index contributed by atoms with van der Waals surface area (Å²) in [6.07, 6.45) is 3.19. The number of amides is 1. The first-order valence-electron chi connectivity index (χ1n) is 8.27. The van der Waals surface area contributed by atoms with Gasteiger partial charge in [-0.25, -0.2) is 4.98 Å². The van der Waals surface area contributed by atoms with Crippen LogP contribution >= 0.6 is 22.9 Å². The normalized spacial score (nSPS) is 12.9. The Hall–Kier alpha value is -2.83. The predicted molar refractivity (Wildman–Crippen MR) is 108 cm³/mol. The minimum absolute atomic E-state index is 0.248. The lowest BCUT2D eigenvalue weighted by Crippen LogP contribution is -2.15. The number of aromatic nitrogens is 1. The average Bonchev–Trinajstić information content (AvgIpc) is 3.15. The van der Waals surface area contributed by atoms with Crippen LogP contribution in [-0.4, -0.2) is 24.1 Å². The molecule has 2 aromatic carbocycles. The Bertz CT molecular complexity index is 999. The molecule has 4 rings (SSSR count). The van der Waals surface area contributed by atoms with E-state index >= 15 is 0 Å². The standard InChI is InChI=1S/C20H15ClN2O3S/c21-15-5-3-14(4-6-15)16-12-27-20(22-16)23-19(24)8-2-13-1-7-17-18(11-13)26-10-9-25-17/h1-8,11-12H,9-10H2,(H,22,23,24)/b8-2+. The highest BCUT2D eigenvalue weighted by Gasteiger charge is 2.11. The third-order valence-corrected chi connectivity index (χ3v) is 4.88. The molecule has 27 heavy (non-hydrogen) atoms. The van der Waals surface area contributed by atoms with Crippen molar-refractivity contribution in [1.82, 2.24) is 4.98 Å². The monoisotopic (exact) mass is 398 g/mol. The van der Waals surface area contributed by atoms with Crippen LogP contribution in [0.1, 0.15) is 5.56 Å². The molecule has 0 saturated heterocycles. The summed E-state index contributed by atoms with van der Waals surface area (Å²) in [5, 5.41) is 5.88. The van der Waals surface area contributed by atoms with E-state index in [9.17, 15) is 4.79 Å². The van der Waals surface area contributed by atoms with Gasteiger partial charge in [0.2, 0.25) is 5.91 Å². The molecule has 0 radical (unpaired) electrons. The molecule has 0 unspecified atom stereocenters. The second-order valence-electron chi connectivity index (χ2n) is 5.77. The van der Waals surface area contributed by atoms with Crippen LogP contribution in [0.15, 0.2) is 53.9 Å². The van der Waals surface area contributed by atoms with Crippen LogP contribution in [0.25, 0.3) is 17.3 Å². The van der Waals surface area contributed by atoms with E-state index in [1.54, 1.807) is 6.08 Å². The molecule has 1 N–H and O–H groups in total. The Morgan fingerprint density at radius 2 is 1.89 bits per heavy atom. The van der Waals surface area contributed by atoms with Crippen molar-refractivity contribution in [3.05, 3.63) is 64.5 Å². The van der Waals surface area contributed by atoms with E-state index in [0.29, 0.717) is 29.1 Å². The molecule has 0 fully saturated rings. The van der Waals surface area contributed by atoms with E-state index in [0.717, 1.165) is 22.6 Å². The number of hydrogen-bond acceptors (Lipinski definition) is 5. The Morgan fingerprint density at radius 1 is 1.11 bits per heavy atom. The summed E-state index contributed by atoms with van der Waals surface area (Å²) in [5.74, 6) is 1.17. The van der Waals surface area contributed by atoms with Crippen molar-refractivity contribution < 1.29 is 14.3 Å². The van der Waals surface area contributed by atoms with Crippen molar-refractivity contribution in [2.45, 2.75) is 0 Å². The first-order valence-corrected chi connectivity index (χ1v) is 9.53. The minimum atomic E-state index is -0.248. The van der Waals surface area contributed by atoms with Gasteiger partial charge < -0.3 is 9.47 Å². The van der Waals surface area contributed by atoms with Crippen molar-refractivity contribution in [3.63, 3.8) is 0 Å². The number of rotatable bonds is 4. The number of hydrogen-bond donors (Lipinski definition) is 1. The number of nitrogens with one attached hydrogen (secondary N) is 1. The van der Waals surface area contributed by atoms with Crippen molar-refractivity contribution in [1.29, 1.82) is 0 Å². The summed E-state index contributed by atoms with van der Waals surface area (Å²) >= 11 is 7.27. The van der Waals surface area contributed by atoms with Crippen molar-refractivity contribution in [3.8, 4) is 22.8 Å². The molecule has 0 aliphatic carbocycles. The number of halogens is 1. The maximum Gasteiger partial charge on any atom is 0.250 e. The highest BCUT2D eigenvalue weighted by Crippen LogP contribution is 2.31. The Kier molecular flexibility index (Phi) is 5.09. The van der Waals surface area contributed by atoms with Gasteiger partial charge in [-0.2, -0.15) is 0 Å². The van der Waals surface area contributed by atoms with Gasteiger partial charge in [-0.15, -0.1) is 11.3 Å². The van der Waals surface area contributed by atoms with Gasteiger partial charge in [0.25, 0.3) is 0 Å². The molecule has 1 aliphatic rings. The molecule has 1 amide bonds. The third kappa shape index (κ3) is 4.30. The average molecular weight is 399 g/mol. The van der Waals surface area contributed by atoms with Gasteiger partial charge >= 0.3 is 0 Å². The zero-order valence-electron chi connectivity index (χ0n) is 14.1. The maximum absolute atomic E-state index is 12.2. The number of fused-ring (bicyclic) bond motifs is 1. The summed E-state index contributed by atoms with van der Waals surface area (Å²) in [4.78, 5) is 16.6. The van der Waals surface area contributed by atoms with Gasteiger partial charge in [0, 0.05) is 22.0 Å². The molecule has 0 spiro atoms. The Morgan fingerprint density at radius 3 is 2.70 bits per heavy atom. The molecular weight excluding hydrogens is 384 g/mol. The second-order valence-corrected chi connectivity index (χ2v) is 7.07. The fraction of sp³-hybridized carbons (Fsp3) is 0.100. The zero-order chi connectivity index (χ0) is 18.6. The van der Waals surface area contributed by atoms with E-state index in [2.05, 4.69) is 10.3 Å². The molecule has 5 nitrogen and oxygen atoms in total. The first kappa shape index (κ1) is 17.6. The highest BCUT2D eigenvalue weighted by molar-refractivity contribution is 7.14. The summed E-state index contributed by atoms with van der Waals surface area (Å²) in [7, 11) is 0. The van der Waals surface area contributed by atoms with Crippen LogP contribution in [0, 0.1) is 0 Å². The van der Waals surface area contributed by atoms with Crippen LogP contribution in [0.5, 0.6) is 11.5 Å². The zero-order valence-corrected chi connectivity index (χ0v) is 15.7. The van der Waals surface area contributed by atoms with E-state index < -0.39 is 0 Å². The molecule has 1 aromatic heterocycles. The predicted octanol–water partition coefficient (Wildman–Crippen LogP) is 4.89. The number of carbonyl (C=O) groups excluding carboxylic acids is 1. The molecule has 136 valence electrons. The molecule has 0 bridgehead atoms. The summed E-state index contributed by atoms with van der Waals surface area (Å²) in [6.45, 7) is 1.08. The number of benzene rings is 2. The van der Waals surface area contributed by atoms with E-state index in [4.69, 9.17) is 21.1 Å². The molecule has 2 heterocycles. The fourth-order valence-electron chi connectivity index (χ4n) is 2.57. The van der Waals surface area contributed by atoms with Gasteiger partial charge in [-0.1, -0.05) is 29.8 Å². The lowest BCUT2D eigenvalue weighted by Gasteiger charge is -2.18. The SMILES string of the molecule is O=C(/C=C/c1ccc2c(c1)OCCO2)Nc1nc(-c2ccc(Cl)cc2)cs1. The quantitative estimate of drug-likeness (QED) is 0.636. The van der Waals surface area contributed by atoms with Crippen molar-refractivity contribution in [2.75, 3.05) is 18.5 Å². The number of thiazole rings is 1. The van der Waals surface area contributed by atoms with E-state index in [-0.39, 0.29) is 5.91 Å². The van der Waals surface area contributed by atoms with Crippen LogP contribution in [0.2, 0.25) is 5.02 Å². The van der Waals surface area contributed by atoms with Gasteiger partial charge in [-0.05, 0) is 35.9 Å². The molecule has 0 atom stereocenters. The van der Waals surface area contributed by atoms with Crippen LogP contribution in [-0.2, 0) is 4.79 Å². The topological polar surface area (TPSA) is 60.5 Å². The third-order valence-electron chi connectivity index (χ3n) is 3.87. The minimum Gasteiger partial charge on any atom is -0.486 e. The molecule has 1 aliphatic heterocycles. The summed E-state index contributed by atoms with van der Waals surface area (Å²) in [6, 6.07) is 13.0. The van der Waals surface area contributed by atoms with Crippen LogP contribution in [0.3, 0.4) is 0 Å². The van der Waals surface area contributed by atoms with Gasteiger partial charge in [0.1, 0.15) is 13.2 Å². The number of carbonyl (C=O) groups is 1. The Balaban J connectivity index is 1.41. The van der Waals surface area contributed by atoms with E-state index in [1.807, 2.05) is 47.8 Å². The van der Waals surface area contributed by atoms with Gasteiger partial charge in [0.05, 0.1) is 5.69 Å². The van der Waals surface area contributed by atoms with Crippen LogP contribution < -0.4 is 14.8 Å². The van der Waals surface area contributed by atoms with Gasteiger partial charge in [0.15, 0.2) is 16.6 Å². The van der Waals surface area contributed by atoms with E-state index in [1.165, 1.54) is 17.4 Å². The second kappa shape index (κ2) is 7.82. The number of ether oxygens (including phenoxy) is 2. The molecular formula is C20H15ClN2O3S. The summed E-state index contributed by atoms with van der Waals surface area (Å²) in [5.41, 5.74) is 2.60. The molecule has 7 heteroatoms. The smallest absolute Gasteiger partial charge is 0.250 e. The largest absolute Gasteiger partial charge is 0.486 e.